The first-order valence-corrected chi connectivity index (χ1v) is 7.94. The van der Waals surface area contributed by atoms with E-state index in [2.05, 4.69) is 4.98 Å². The predicted molar refractivity (Wildman–Crippen MR) is 85.1 cm³/mol. The van der Waals surface area contributed by atoms with E-state index in [1.165, 1.54) is 20.5 Å². The number of nitrogens with zero attached hydrogens (tertiary/aromatic N) is 1. The molecule has 0 radical (unpaired) electrons. The van der Waals surface area contributed by atoms with Crippen molar-refractivity contribution in [3.8, 4) is 5.75 Å². The number of rotatable bonds is 2. The topological polar surface area (TPSA) is 78.6 Å². The van der Waals surface area contributed by atoms with Gasteiger partial charge in [0.2, 0.25) is 5.71 Å². The van der Waals surface area contributed by atoms with Crippen molar-refractivity contribution in [2.24, 2.45) is 11.3 Å². The summed E-state index contributed by atoms with van der Waals surface area (Å²) in [4.78, 5) is 30.2. The first-order chi connectivity index (χ1) is 11.4. The van der Waals surface area contributed by atoms with E-state index in [-0.39, 0.29) is 35.0 Å². The minimum atomic E-state index is -1.20. The van der Waals surface area contributed by atoms with Crippen LogP contribution in [0, 0.1) is 11.3 Å². The largest absolute Gasteiger partial charge is 0.495 e. The number of ether oxygens (including phenoxy) is 2. The van der Waals surface area contributed by atoms with Crippen LogP contribution in [0.4, 0.5) is 0 Å². The van der Waals surface area contributed by atoms with Gasteiger partial charge in [0.1, 0.15) is 11.4 Å². The Morgan fingerprint density at radius 2 is 2.04 bits per heavy atom. The molecule has 2 atom stereocenters. The fourth-order valence-corrected chi connectivity index (χ4v) is 4.51. The normalized spacial score (nSPS) is 28.1. The van der Waals surface area contributed by atoms with Crippen LogP contribution in [-0.4, -0.2) is 30.8 Å². The van der Waals surface area contributed by atoms with Gasteiger partial charge in [0.25, 0.3) is 0 Å². The van der Waals surface area contributed by atoms with E-state index >= 15 is 0 Å². The number of pyridine rings is 1. The summed E-state index contributed by atoms with van der Waals surface area (Å²) < 4.78 is 16.8. The third kappa shape index (κ3) is 1.61. The van der Waals surface area contributed by atoms with Gasteiger partial charge in [-0.3, -0.25) is 9.59 Å². The molecule has 2 heterocycles. The van der Waals surface area contributed by atoms with Gasteiger partial charge in [0.15, 0.2) is 17.2 Å². The maximum Gasteiger partial charge on any atom is 0.230 e. The average molecular weight is 329 g/mol. The number of carbonyl (C=O) groups excluding carboxylic acids is 2. The summed E-state index contributed by atoms with van der Waals surface area (Å²) in [6, 6.07) is 1.73. The van der Waals surface area contributed by atoms with Gasteiger partial charge in [0, 0.05) is 25.9 Å². The van der Waals surface area contributed by atoms with Gasteiger partial charge < -0.3 is 13.9 Å². The van der Waals surface area contributed by atoms with Crippen molar-refractivity contribution >= 4 is 22.7 Å². The highest BCUT2D eigenvalue weighted by Gasteiger charge is 2.65. The fourth-order valence-electron chi connectivity index (χ4n) is 4.51. The van der Waals surface area contributed by atoms with Gasteiger partial charge in [0.05, 0.1) is 24.3 Å². The molecule has 0 saturated heterocycles. The zero-order valence-electron chi connectivity index (χ0n) is 14.1. The first-order valence-electron chi connectivity index (χ1n) is 7.94. The lowest BCUT2D eigenvalue weighted by Gasteiger charge is -2.41. The Morgan fingerprint density at radius 1 is 1.29 bits per heavy atom. The summed E-state index contributed by atoms with van der Waals surface area (Å²) in [7, 11) is 3.04. The quantitative estimate of drug-likeness (QED) is 0.843. The summed E-state index contributed by atoms with van der Waals surface area (Å²) in [5.74, 6) is 0.0518. The smallest absolute Gasteiger partial charge is 0.230 e. The van der Waals surface area contributed by atoms with Crippen LogP contribution in [0.5, 0.6) is 5.75 Å². The van der Waals surface area contributed by atoms with Crippen molar-refractivity contribution in [3.05, 3.63) is 23.6 Å². The second kappa shape index (κ2) is 4.66. The van der Waals surface area contributed by atoms with Crippen LogP contribution in [0.1, 0.15) is 42.7 Å². The van der Waals surface area contributed by atoms with E-state index in [1.54, 1.807) is 6.07 Å². The average Bonchev–Trinajstić information content (AvgIpc) is 3.07. The third-order valence-electron chi connectivity index (χ3n) is 5.58. The summed E-state index contributed by atoms with van der Waals surface area (Å²) in [5, 5.41) is 0.638. The van der Waals surface area contributed by atoms with Crippen LogP contribution in [0.3, 0.4) is 0 Å². The molecule has 6 heteroatoms. The molecule has 0 unspecified atom stereocenters. The van der Waals surface area contributed by atoms with Crippen molar-refractivity contribution in [2.75, 3.05) is 14.2 Å². The van der Waals surface area contributed by atoms with E-state index in [1.807, 2.05) is 13.8 Å². The molecule has 0 aliphatic heterocycles. The van der Waals surface area contributed by atoms with Crippen molar-refractivity contribution in [2.45, 2.75) is 32.3 Å². The maximum atomic E-state index is 13.0. The van der Waals surface area contributed by atoms with Crippen molar-refractivity contribution in [1.82, 2.24) is 4.98 Å². The predicted octanol–water partition coefficient (Wildman–Crippen LogP) is 2.88. The molecule has 1 saturated carbocycles. The van der Waals surface area contributed by atoms with Crippen LogP contribution >= 0.6 is 0 Å². The monoisotopic (exact) mass is 329 g/mol. The standard InChI is InChI=1S/C18H19NO5/c1-17(2)8-12(21)18(23-4)11(17)7-10(20)14-13(18)15(22-3)9-5-6-24-16(9)19-14/h5-6,11H,7-8H2,1-4H3/t11-,18+/m0/s1. The lowest BCUT2D eigenvalue weighted by atomic mass is 9.67. The Labute approximate surface area is 139 Å². The number of ketones is 2. The SMILES string of the molecule is COc1c2c(nc3occc13)C(=O)C[C@H]1C(C)(C)CC(=O)[C@@]21OC. The van der Waals surface area contributed by atoms with E-state index in [0.29, 0.717) is 28.8 Å². The van der Waals surface area contributed by atoms with Gasteiger partial charge >= 0.3 is 0 Å². The van der Waals surface area contributed by atoms with Crippen molar-refractivity contribution < 1.29 is 23.5 Å². The zero-order chi connectivity index (χ0) is 17.3. The van der Waals surface area contributed by atoms with Crippen LogP contribution in [0.25, 0.3) is 11.1 Å². The highest BCUT2D eigenvalue weighted by Crippen LogP contribution is 2.60. The molecular formula is C18H19NO5. The molecule has 24 heavy (non-hydrogen) atoms. The van der Waals surface area contributed by atoms with Crippen LogP contribution in [0.2, 0.25) is 0 Å². The molecular weight excluding hydrogens is 310 g/mol. The molecule has 1 fully saturated rings. The third-order valence-corrected chi connectivity index (χ3v) is 5.58. The molecule has 2 aromatic heterocycles. The minimum Gasteiger partial charge on any atom is -0.495 e. The first kappa shape index (κ1) is 15.3. The van der Waals surface area contributed by atoms with E-state index in [4.69, 9.17) is 13.9 Å². The maximum absolute atomic E-state index is 13.0. The number of fused-ring (bicyclic) bond motifs is 4. The number of furan rings is 1. The Balaban J connectivity index is 2.14. The van der Waals surface area contributed by atoms with E-state index < -0.39 is 5.60 Å². The van der Waals surface area contributed by atoms with Crippen LogP contribution in [-0.2, 0) is 15.1 Å². The highest BCUT2D eigenvalue weighted by atomic mass is 16.5. The molecule has 4 rings (SSSR count). The summed E-state index contributed by atoms with van der Waals surface area (Å²) >= 11 is 0. The van der Waals surface area contributed by atoms with Crippen molar-refractivity contribution in [1.29, 1.82) is 0 Å². The Bertz CT molecular complexity index is 881. The molecule has 0 spiro atoms. The Hall–Kier alpha value is -2.21. The number of hydrogen-bond acceptors (Lipinski definition) is 6. The number of Topliss-reactive ketones (excluding diaryl/α,β-unsaturated/α-hetero) is 2. The second-order valence-corrected chi connectivity index (χ2v) is 7.22. The molecule has 0 bridgehead atoms. The molecule has 126 valence electrons. The second-order valence-electron chi connectivity index (χ2n) is 7.22. The van der Waals surface area contributed by atoms with Crippen LogP contribution < -0.4 is 4.74 Å². The molecule has 2 aromatic rings. The van der Waals surface area contributed by atoms with Gasteiger partial charge in [-0.15, -0.1) is 0 Å². The zero-order valence-corrected chi connectivity index (χ0v) is 14.1. The van der Waals surface area contributed by atoms with Crippen molar-refractivity contribution in [3.63, 3.8) is 0 Å². The number of aromatic nitrogens is 1. The van der Waals surface area contributed by atoms with Gasteiger partial charge in [-0.05, 0) is 11.5 Å². The number of methoxy groups -OCH3 is 2. The Morgan fingerprint density at radius 3 is 2.71 bits per heavy atom. The number of hydrogen-bond donors (Lipinski definition) is 0. The molecule has 2 aliphatic rings. The fraction of sp³-hybridized carbons (Fsp3) is 0.500. The van der Waals surface area contributed by atoms with Gasteiger partial charge in [-0.1, -0.05) is 13.8 Å². The van der Waals surface area contributed by atoms with Crippen LogP contribution in [0.15, 0.2) is 16.7 Å². The van der Waals surface area contributed by atoms with Gasteiger partial charge in [-0.2, -0.15) is 0 Å². The molecule has 6 nitrogen and oxygen atoms in total. The molecule has 0 N–H and O–H groups in total. The molecule has 2 aliphatic carbocycles. The Kier molecular flexibility index (Phi) is 2.98. The van der Waals surface area contributed by atoms with E-state index in [0.717, 1.165) is 0 Å². The minimum absolute atomic E-state index is 0.0308. The lowest BCUT2D eigenvalue weighted by Crippen LogP contribution is -2.47. The molecule has 0 amide bonds. The summed E-state index contributed by atoms with van der Waals surface area (Å²) in [5.41, 5.74) is -0.530. The van der Waals surface area contributed by atoms with E-state index in [9.17, 15) is 9.59 Å². The summed E-state index contributed by atoms with van der Waals surface area (Å²) in [6.07, 6.45) is 2.07. The van der Waals surface area contributed by atoms with Gasteiger partial charge in [-0.25, -0.2) is 4.98 Å². The number of carbonyl (C=O) groups is 2. The highest BCUT2D eigenvalue weighted by molar-refractivity contribution is 6.07. The lowest BCUT2D eigenvalue weighted by molar-refractivity contribution is -0.144. The molecule has 0 aromatic carbocycles. The summed E-state index contributed by atoms with van der Waals surface area (Å²) in [6.45, 7) is 4.01.